The molecule has 7 nitrogen and oxygen atoms in total. The molecule has 0 bridgehead atoms. The molecule has 29 heavy (non-hydrogen) atoms. The van der Waals surface area contributed by atoms with Gasteiger partial charge in [0.1, 0.15) is 11.5 Å². The Morgan fingerprint density at radius 3 is 2.41 bits per heavy atom. The minimum absolute atomic E-state index is 0.0239. The zero-order valence-corrected chi connectivity index (χ0v) is 15.4. The number of carbonyl (C=O) groups is 1. The van der Waals surface area contributed by atoms with Gasteiger partial charge < -0.3 is 24.3 Å². The molecule has 1 aromatic heterocycles. The van der Waals surface area contributed by atoms with E-state index in [9.17, 15) is 18.0 Å². The predicted molar refractivity (Wildman–Crippen MR) is 94.5 cm³/mol. The summed E-state index contributed by atoms with van der Waals surface area (Å²) >= 11 is 0. The fourth-order valence-corrected chi connectivity index (χ4v) is 2.43. The van der Waals surface area contributed by atoms with Gasteiger partial charge in [0.15, 0.2) is 12.4 Å². The van der Waals surface area contributed by atoms with Crippen LogP contribution in [0, 0.1) is 0 Å². The smallest absolute Gasteiger partial charge is 0.417 e. The van der Waals surface area contributed by atoms with E-state index in [0.717, 1.165) is 12.1 Å². The third-order valence-electron chi connectivity index (χ3n) is 3.93. The van der Waals surface area contributed by atoms with E-state index in [-0.39, 0.29) is 18.3 Å². The average Bonchev–Trinajstić information content (AvgIpc) is 3.21. The lowest BCUT2D eigenvalue weighted by atomic mass is 10.3. The van der Waals surface area contributed by atoms with Gasteiger partial charge in [-0.3, -0.25) is 4.79 Å². The quantitative estimate of drug-likeness (QED) is 0.753. The van der Waals surface area contributed by atoms with E-state index in [0.29, 0.717) is 30.9 Å². The number of aromatic nitrogens is 1. The molecular formula is C19H19F3N2O5. The third-order valence-corrected chi connectivity index (χ3v) is 3.93. The van der Waals surface area contributed by atoms with Crippen LogP contribution in [-0.4, -0.2) is 43.0 Å². The Hall–Kier alpha value is -2.85. The average molecular weight is 412 g/mol. The highest BCUT2D eigenvalue weighted by Crippen LogP contribution is 2.30. The van der Waals surface area contributed by atoms with Crippen LogP contribution < -0.4 is 14.8 Å². The van der Waals surface area contributed by atoms with Crippen molar-refractivity contribution in [2.45, 2.75) is 25.5 Å². The maximum Gasteiger partial charge on any atom is 0.417 e. The molecule has 2 aromatic rings. The lowest BCUT2D eigenvalue weighted by Crippen LogP contribution is -2.40. The predicted octanol–water partition coefficient (Wildman–Crippen LogP) is 3.15. The third kappa shape index (κ3) is 6.06. The molecule has 1 fully saturated rings. The summed E-state index contributed by atoms with van der Waals surface area (Å²) in [5.74, 6) is 0.486. The summed E-state index contributed by atoms with van der Waals surface area (Å²) in [5.41, 5.74) is -0.855. The molecule has 1 aromatic carbocycles. The van der Waals surface area contributed by atoms with E-state index in [1.54, 1.807) is 31.2 Å². The molecular weight excluding hydrogens is 393 g/mol. The number of nitrogens with one attached hydrogen (secondary N) is 1. The number of rotatable bonds is 7. The maximum atomic E-state index is 12.5. The van der Waals surface area contributed by atoms with Gasteiger partial charge in [0.05, 0.1) is 25.3 Å². The van der Waals surface area contributed by atoms with E-state index >= 15 is 0 Å². The molecule has 1 unspecified atom stereocenters. The van der Waals surface area contributed by atoms with Crippen LogP contribution in [-0.2, 0) is 20.4 Å². The number of benzene rings is 1. The van der Waals surface area contributed by atoms with Crippen molar-refractivity contribution in [1.82, 2.24) is 10.3 Å². The molecule has 0 radical (unpaired) electrons. The van der Waals surface area contributed by atoms with Gasteiger partial charge in [0.2, 0.25) is 5.88 Å². The summed E-state index contributed by atoms with van der Waals surface area (Å²) in [6, 6.07) is 8.29. The molecule has 3 rings (SSSR count). The fraction of sp³-hybridized carbons (Fsp3) is 0.368. The van der Waals surface area contributed by atoms with Crippen LogP contribution in [0.4, 0.5) is 13.2 Å². The Bertz CT molecular complexity index is 806. The largest absolute Gasteiger partial charge is 0.481 e. The number of halogens is 3. The van der Waals surface area contributed by atoms with Crippen molar-refractivity contribution in [2.75, 3.05) is 19.8 Å². The molecule has 0 aliphatic carbocycles. The van der Waals surface area contributed by atoms with Crippen LogP contribution in [0.15, 0.2) is 42.6 Å². The van der Waals surface area contributed by atoms with Gasteiger partial charge in [0, 0.05) is 12.3 Å². The molecule has 1 atom stereocenters. The standard InChI is InChI=1S/C19H19F3N2O5/c1-12(18(25)24-11-17-26-8-9-27-17)28-14-3-5-15(6-4-14)29-16-7-2-13(10-23-16)19(20,21)22/h2-7,10,12,17H,8-9,11H2,1H3,(H,24,25). The lowest BCUT2D eigenvalue weighted by Gasteiger charge is -2.16. The number of amides is 1. The van der Waals surface area contributed by atoms with Gasteiger partial charge in [-0.15, -0.1) is 0 Å². The van der Waals surface area contributed by atoms with E-state index in [1.807, 2.05) is 0 Å². The Balaban J connectivity index is 1.49. The first-order valence-corrected chi connectivity index (χ1v) is 8.80. The molecule has 1 aliphatic heterocycles. The number of hydrogen-bond acceptors (Lipinski definition) is 6. The number of nitrogens with zero attached hydrogens (tertiary/aromatic N) is 1. The van der Waals surface area contributed by atoms with Crippen LogP contribution in [0.3, 0.4) is 0 Å². The SMILES string of the molecule is CC(Oc1ccc(Oc2ccc(C(F)(F)F)cn2)cc1)C(=O)NCC1OCCO1. The number of alkyl halides is 3. The fourth-order valence-electron chi connectivity index (χ4n) is 2.43. The summed E-state index contributed by atoms with van der Waals surface area (Å²) in [6.45, 7) is 2.84. The van der Waals surface area contributed by atoms with Gasteiger partial charge in [-0.2, -0.15) is 13.2 Å². The first kappa shape index (κ1) is 20.9. The molecule has 1 N–H and O–H groups in total. The summed E-state index contributed by atoms with van der Waals surface area (Å²) in [6.07, 6.45) is -4.94. The molecule has 1 saturated heterocycles. The zero-order chi connectivity index (χ0) is 20.9. The molecule has 1 aliphatic rings. The van der Waals surface area contributed by atoms with Crippen LogP contribution >= 0.6 is 0 Å². The van der Waals surface area contributed by atoms with Crippen LogP contribution in [0.1, 0.15) is 12.5 Å². The molecule has 10 heteroatoms. The summed E-state index contributed by atoms with van der Waals surface area (Å²) in [4.78, 5) is 15.7. The number of carbonyl (C=O) groups excluding carboxylic acids is 1. The highest BCUT2D eigenvalue weighted by atomic mass is 19.4. The van der Waals surface area contributed by atoms with E-state index < -0.39 is 24.1 Å². The maximum absolute atomic E-state index is 12.5. The second kappa shape index (κ2) is 9.10. The van der Waals surface area contributed by atoms with Crippen molar-refractivity contribution >= 4 is 5.91 Å². The van der Waals surface area contributed by atoms with Crippen molar-refractivity contribution in [3.63, 3.8) is 0 Å². The van der Waals surface area contributed by atoms with Gasteiger partial charge in [0.25, 0.3) is 5.91 Å². The van der Waals surface area contributed by atoms with Crippen LogP contribution in [0.5, 0.6) is 17.4 Å². The van der Waals surface area contributed by atoms with E-state index in [4.69, 9.17) is 18.9 Å². The summed E-state index contributed by atoms with van der Waals surface area (Å²) in [7, 11) is 0. The normalized spacial score (nSPS) is 15.7. The molecule has 1 amide bonds. The number of pyridine rings is 1. The Morgan fingerprint density at radius 2 is 1.83 bits per heavy atom. The molecule has 2 heterocycles. The van der Waals surface area contributed by atoms with Crippen molar-refractivity contribution < 1.29 is 36.9 Å². The topological polar surface area (TPSA) is 78.9 Å². The Kier molecular flexibility index (Phi) is 6.55. The minimum Gasteiger partial charge on any atom is -0.481 e. The van der Waals surface area contributed by atoms with Crippen molar-refractivity contribution in [3.05, 3.63) is 48.2 Å². The highest BCUT2D eigenvalue weighted by molar-refractivity contribution is 5.80. The van der Waals surface area contributed by atoms with Crippen LogP contribution in [0.25, 0.3) is 0 Å². The molecule has 156 valence electrons. The molecule has 0 spiro atoms. The summed E-state index contributed by atoms with van der Waals surface area (Å²) < 4.78 is 59.1. The zero-order valence-electron chi connectivity index (χ0n) is 15.4. The Labute approximate surface area is 164 Å². The van der Waals surface area contributed by atoms with E-state index in [1.165, 1.54) is 0 Å². The minimum atomic E-state index is -4.45. The van der Waals surface area contributed by atoms with Gasteiger partial charge in [-0.25, -0.2) is 4.98 Å². The van der Waals surface area contributed by atoms with Gasteiger partial charge >= 0.3 is 6.18 Å². The first-order valence-electron chi connectivity index (χ1n) is 8.80. The lowest BCUT2D eigenvalue weighted by molar-refractivity contribution is -0.137. The second-order valence-electron chi connectivity index (χ2n) is 6.13. The Morgan fingerprint density at radius 1 is 1.17 bits per heavy atom. The van der Waals surface area contributed by atoms with E-state index in [2.05, 4.69) is 10.3 Å². The van der Waals surface area contributed by atoms with Crippen molar-refractivity contribution in [3.8, 4) is 17.4 Å². The van der Waals surface area contributed by atoms with Crippen LogP contribution in [0.2, 0.25) is 0 Å². The van der Waals surface area contributed by atoms with Crippen molar-refractivity contribution in [1.29, 1.82) is 0 Å². The second-order valence-corrected chi connectivity index (χ2v) is 6.13. The van der Waals surface area contributed by atoms with Gasteiger partial charge in [-0.1, -0.05) is 0 Å². The summed E-state index contributed by atoms with van der Waals surface area (Å²) in [5, 5.41) is 2.68. The molecule has 0 saturated carbocycles. The van der Waals surface area contributed by atoms with Crippen molar-refractivity contribution in [2.24, 2.45) is 0 Å². The highest BCUT2D eigenvalue weighted by Gasteiger charge is 2.30. The monoisotopic (exact) mass is 412 g/mol. The first-order chi connectivity index (χ1) is 13.8. The number of hydrogen-bond donors (Lipinski definition) is 1. The number of ether oxygens (including phenoxy) is 4. The van der Waals surface area contributed by atoms with Gasteiger partial charge in [-0.05, 0) is 37.3 Å².